The minimum absolute atomic E-state index is 0.287. The van der Waals surface area contributed by atoms with E-state index in [-0.39, 0.29) is 6.10 Å². The fourth-order valence-electron chi connectivity index (χ4n) is 0.992. The molecule has 0 radical (unpaired) electrons. The maximum absolute atomic E-state index is 5.10. The number of ether oxygens (including phenoxy) is 2. The lowest BCUT2D eigenvalue weighted by atomic mass is 10.4. The van der Waals surface area contributed by atoms with Gasteiger partial charge in [0.25, 0.3) is 0 Å². The van der Waals surface area contributed by atoms with Crippen molar-refractivity contribution in [2.45, 2.75) is 18.6 Å². The molecule has 2 heterocycles. The monoisotopic (exact) mass is 220 g/mol. The van der Waals surface area contributed by atoms with E-state index in [1.165, 1.54) is 6.42 Å². The van der Waals surface area contributed by atoms with Gasteiger partial charge in [0, 0.05) is 5.75 Å². The predicted molar refractivity (Wildman–Crippen MR) is 53.3 cm³/mol. The summed E-state index contributed by atoms with van der Waals surface area (Å²) < 4.78 is 10.1. The number of hydrogen-bond acceptors (Lipinski definition) is 5. The summed E-state index contributed by atoms with van der Waals surface area (Å²) in [5.74, 6) is 2.14. The molecule has 2 aliphatic rings. The van der Waals surface area contributed by atoms with Crippen molar-refractivity contribution in [3.63, 3.8) is 0 Å². The standard InChI is InChI=1S/C9H16O4S/c1(8-5-10-8)3-14-4-2-12-13-7-9-6-11-9/h8-9H,1-7H2. The molecule has 2 rings (SSSR count). The first-order chi connectivity index (χ1) is 6.95. The van der Waals surface area contributed by atoms with E-state index >= 15 is 0 Å². The lowest BCUT2D eigenvalue weighted by Crippen LogP contribution is -2.05. The highest BCUT2D eigenvalue weighted by molar-refractivity contribution is 7.99. The Kier molecular flexibility index (Phi) is 4.53. The van der Waals surface area contributed by atoms with Crippen molar-refractivity contribution in [3.8, 4) is 0 Å². The molecule has 5 heteroatoms. The first-order valence-corrected chi connectivity index (χ1v) is 6.16. The van der Waals surface area contributed by atoms with Crippen molar-refractivity contribution < 1.29 is 19.2 Å². The molecule has 0 aromatic carbocycles. The van der Waals surface area contributed by atoms with Crippen LogP contribution in [0.15, 0.2) is 0 Å². The van der Waals surface area contributed by atoms with Gasteiger partial charge in [0.1, 0.15) is 12.7 Å². The topological polar surface area (TPSA) is 43.5 Å². The first kappa shape index (κ1) is 10.7. The quantitative estimate of drug-likeness (QED) is 0.249. The Bertz CT molecular complexity index is 141. The van der Waals surface area contributed by atoms with E-state index in [0.717, 1.165) is 24.7 Å². The Labute approximate surface area is 88.2 Å². The minimum Gasteiger partial charge on any atom is -0.373 e. The zero-order valence-electron chi connectivity index (χ0n) is 8.15. The van der Waals surface area contributed by atoms with Crippen LogP contribution in [0, 0.1) is 0 Å². The maximum atomic E-state index is 5.10. The molecule has 82 valence electrons. The van der Waals surface area contributed by atoms with E-state index in [0.29, 0.717) is 19.3 Å². The molecule has 0 bridgehead atoms. The highest BCUT2D eigenvalue weighted by Gasteiger charge is 2.23. The molecule has 2 saturated heterocycles. The smallest absolute Gasteiger partial charge is 0.111 e. The van der Waals surface area contributed by atoms with E-state index in [4.69, 9.17) is 19.2 Å². The van der Waals surface area contributed by atoms with Crippen LogP contribution in [0.1, 0.15) is 6.42 Å². The molecule has 4 nitrogen and oxygen atoms in total. The van der Waals surface area contributed by atoms with Gasteiger partial charge in [-0.2, -0.15) is 11.8 Å². The number of hydrogen-bond donors (Lipinski definition) is 0. The van der Waals surface area contributed by atoms with E-state index < -0.39 is 0 Å². The first-order valence-electron chi connectivity index (χ1n) is 5.00. The molecule has 0 aromatic rings. The summed E-state index contributed by atoms with van der Waals surface area (Å²) in [7, 11) is 0. The fourth-order valence-corrected chi connectivity index (χ4v) is 1.81. The van der Waals surface area contributed by atoms with Gasteiger partial charge in [-0.05, 0) is 12.2 Å². The van der Waals surface area contributed by atoms with Gasteiger partial charge in [-0.3, -0.25) is 0 Å². The van der Waals surface area contributed by atoms with Crippen LogP contribution in [0.5, 0.6) is 0 Å². The van der Waals surface area contributed by atoms with E-state index in [1.807, 2.05) is 11.8 Å². The van der Waals surface area contributed by atoms with Crippen molar-refractivity contribution in [2.24, 2.45) is 0 Å². The van der Waals surface area contributed by atoms with E-state index in [2.05, 4.69) is 0 Å². The summed E-state index contributed by atoms with van der Waals surface area (Å²) in [5.41, 5.74) is 0. The Hall–Kier alpha value is 0.190. The molecule has 2 aliphatic heterocycles. The second-order valence-electron chi connectivity index (χ2n) is 3.42. The highest BCUT2D eigenvalue weighted by Crippen LogP contribution is 2.16. The van der Waals surface area contributed by atoms with Crippen LogP contribution in [-0.4, -0.2) is 50.1 Å². The van der Waals surface area contributed by atoms with Crippen molar-refractivity contribution in [1.29, 1.82) is 0 Å². The Morgan fingerprint density at radius 3 is 2.57 bits per heavy atom. The molecule has 0 amide bonds. The van der Waals surface area contributed by atoms with Gasteiger partial charge in [-0.1, -0.05) is 0 Å². The van der Waals surface area contributed by atoms with Crippen LogP contribution in [0.3, 0.4) is 0 Å². The lowest BCUT2D eigenvalue weighted by molar-refractivity contribution is -0.292. The Balaban J connectivity index is 1.25. The minimum atomic E-state index is 0.287. The van der Waals surface area contributed by atoms with Crippen molar-refractivity contribution in [1.82, 2.24) is 0 Å². The number of thioether (sulfide) groups is 1. The van der Waals surface area contributed by atoms with E-state index in [1.54, 1.807) is 0 Å². The van der Waals surface area contributed by atoms with Gasteiger partial charge in [0.2, 0.25) is 0 Å². The van der Waals surface area contributed by atoms with Crippen LogP contribution >= 0.6 is 11.8 Å². The van der Waals surface area contributed by atoms with Gasteiger partial charge in [-0.15, -0.1) is 0 Å². The molecule has 2 fully saturated rings. The van der Waals surface area contributed by atoms with Gasteiger partial charge in [0.15, 0.2) is 0 Å². The summed E-state index contributed by atoms with van der Waals surface area (Å²) in [6.07, 6.45) is 2.00. The molecular weight excluding hydrogens is 204 g/mol. The molecule has 0 aliphatic carbocycles. The molecule has 2 unspecified atom stereocenters. The molecule has 14 heavy (non-hydrogen) atoms. The third-order valence-electron chi connectivity index (χ3n) is 2.04. The van der Waals surface area contributed by atoms with Crippen LogP contribution in [0.25, 0.3) is 0 Å². The third-order valence-corrected chi connectivity index (χ3v) is 3.02. The highest BCUT2D eigenvalue weighted by atomic mass is 32.2. The normalized spacial score (nSPS) is 29.1. The average Bonchev–Trinajstić information content (AvgIpc) is 3.00. The zero-order valence-corrected chi connectivity index (χ0v) is 8.96. The lowest BCUT2D eigenvalue weighted by Gasteiger charge is -2.01. The van der Waals surface area contributed by atoms with Crippen LogP contribution in [0.4, 0.5) is 0 Å². The summed E-state index contributed by atoms with van der Waals surface area (Å²) in [5, 5.41) is 0. The van der Waals surface area contributed by atoms with Crippen molar-refractivity contribution >= 4 is 11.8 Å². The van der Waals surface area contributed by atoms with Crippen LogP contribution < -0.4 is 0 Å². The van der Waals surface area contributed by atoms with Crippen molar-refractivity contribution in [3.05, 3.63) is 0 Å². The second kappa shape index (κ2) is 5.92. The fraction of sp³-hybridized carbons (Fsp3) is 1.00. The largest absolute Gasteiger partial charge is 0.373 e. The third kappa shape index (κ3) is 5.17. The van der Waals surface area contributed by atoms with Crippen molar-refractivity contribution in [2.75, 3.05) is 37.9 Å². The van der Waals surface area contributed by atoms with E-state index in [9.17, 15) is 0 Å². The second-order valence-corrected chi connectivity index (χ2v) is 4.64. The molecule has 0 N–H and O–H groups in total. The van der Waals surface area contributed by atoms with Gasteiger partial charge in [-0.25, -0.2) is 9.78 Å². The average molecular weight is 220 g/mol. The maximum Gasteiger partial charge on any atom is 0.111 e. The van der Waals surface area contributed by atoms with Gasteiger partial charge >= 0.3 is 0 Å². The zero-order chi connectivity index (χ0) is 9.64. The van der Waals surface area contributed by atoms with Crippen LogP contribution in [0.2, 0.25) is 0 Å². The molecule has 0 spiro atoms. The summed E-state index contributed by atoms with van der Waals surface area (Å²) in [4.78, 5) is 9.91. The molecular formula is C9H16O4S. The Morgan fingerprint density at radius 1 is 1.07 bits per heavy atom. The molecule has 0 aromatic heterocycles. The van der Waals surface area contributed by atoms with Gasteiger partial charge < -0.3 is 9.47 Å². The van der Waals surface area contributed by atoms with Gasteiger partial charge in [0.05, 0.1) is 25.9 Å². The summed E-state index contributed by atoms with van der Waals surface area (Å²) >= 11 is 1.88. The number of rotatable bonds is 9. The predicted octanol–water partition coefficient (Wildman–Crippen LogP) is 0.855. The van der Waals surface area contributed by atoms with Crippen LogP contribution in [-0.2, 0) is 19.2 Å². The summed E-state index contributed by atoms with van der Waals surface area (Å²) in [6, 6.07) is 0. The Morgan fingerprint density at radius 2 is 1.86 bits per heavy atom. The molecule has 0 saturated carbocycles. The molecule has 2 atom stereocenters. The SMILES string of the molecule is C(CSCCC1CO1)OOCC1CO1. The summed E-state index contributed by atoms with van der Waals surface area (Å²) in [6.45, 7) is 3.00. The number of epoxide rings is 2.